The maximum absolute atomic E-state index is 12.0. The second-order valence-electron chi connectivity index (χ2n) is 5.22. The highest BCUT2D eigenvalue weighted by Crippen LogP contribution is 2.15. The van der Waals surface area contributed by atoms with Crippen LogP contribution in [0, 0.1) is 5.92 Å². The molecule has 0 atom stereocenters. The molecule has 0 radical (unpaired) electrons. The van der Waals surface area contributed by atoms with Crippen LogP contribution in [-0.2, 0) is 11.3 Å². The summed E-state index contributed by atoms with van der Waals surface area (Å²) < 4.78 is 1.35. The first-order valence-electron chi connectivity index (χ1n) is 6.52. The minimum absolute atomic E-state index is 0.00901. The predicted octanol–water partition coefficient (Wildman–Crippen LogP) is 1.44. The Bertz CT molecular complexity index is 526. The van der Waals surface area contributed by atoms with Gasteiger partial charge in [-0.25, -0.2) is 4.68 Å². The molecule has 1 heterocycles. The second-order valence-corrected chi connectivity index (χ2v) is 5.60. The van der Waals surface area contributed by atoms with Gasteiger partial charge >= 0.3 is 0 Å². The van der Waals surface area contributed by atoms with Crippen molar-refractivity contribution in [1.29, 1.82) is 0 Å². The second kappa shape index (κ2) is 7.28. The van der Waals surface area contributed by atoms with Crippen LogP contribution in [0.5, 0.6) is 0 Å². The minimum Gasteiger partial charge on any atom is -0.382 e. The molecule has 0 fully saturated rings. The fourth-order valence-corrected chi connectivity index (χ4v) is 1.81. The third-order valence-corrected chi connectivity index (χ3v) is 3.04. The van der Waals surface area contributed by atoms with Gasteiger partial charge in [-0.1, -0.05) is 25.4 Å². The van der Waals surface area contributed by atoms with Crippen molar-refractivity contribution in [3.8, 4) is 0 Å². The molecule has 0 bridgehead atoms. The molecule has 20 heavy (non-hydrogen) atoms. The van der Waals surface area contributed by atoms with Crippen molar-refractivity contribution in [2.75, 3.05) is 26.0 Å². The maximum atomic E-state index is 12.0. The third kappa shape index (κ3) is 4.52. The number of nitrogens with one attached hydrogen (secondary N) is 1. The van der Waals surface area contributed by atoms with E-state index >= 15 is 0 Å². The standard InChI is InChI=1S/C13H21ClN4O2/c1-9(2)8-18-13(20)12(14)10(7-16-18)15-6-5-11(19)17(3)4/h7,9,15H,5-6,8H2,1-4H3. The van der Waals surface area contributed by atoms with Gasteiger partial charge in [0.25, 0.3) is 5.56 Å². The highest BCUT2D eigenvalue weighted by molar-refractivity contribution is 6.32. The van der Waals surface area contributed by atoms with Gasteiger partial charge in [0.2, 0.25) is 5.91 Å². The molecule has 1 rings (SSSR count). The lowest BCUT2D eigenvalue weighted by atomic mass is 10.2. The van der Waals surface area contributed by atoms with E-state index in [1.807, 2.05) is 13.8 Å². The normalized spacial score (nSPS) is 10.7. The lowest BCUT2D eigenvalue weighted by Crippen LogP contribution is -2.27. The molecule has 6 nitrogen and oxygen atoms in total. The van der Waals surface area contributed by atoms with Crippen LogP contribution in [0.3, 0.4) is 0 Å². The molecule has 1 aromatic rings. The van der Waals surface area contributed by atoms with Crippen LogP contribution < -0.4 is 10.9 Å². The summed E-state index contributed by atoms with van der Waals surface area (Å²) in [6, 6.07) is 0. The van der Waals surface area contributed by atoms with E-state index in [0.29, 0.717) is 31.1 Å². The highest BCUT2D eigenvalue weighted by Gasteiger charge is 2.10. The van der Waals surface area contributed by atoms with E-state index in [9.17, 15) is 9.59 Å². The zero-order valence-electron chi connectivity index (χ0n) is 12.3. The van der Waals surface area contributed by atoms with Crippen LogP contribution in [0.1, 0.15) is 20.3 Å². The van der Waals surface area contributed by atoms with Crippen molar-refractivity contribution >= 4 is 23.2 Å². The van der Waals surface area contributed by atoms with Crippen LogP contribution in [-0.4, -0.2) is 41.2 Å². The van der Waals surface area contributed by atoms with E-state index < -0.39 is 0 Å². The van der Waals surface area contributed by atoms with E-state index in [4.69, 9.17) is 11.6 Å². The van der Waals surface area contributed by atoms with E-state index in [0.717, 1.165) is 0 Å². The van der Waals surface area contributed by atoms with Crippen molar-refractivity contribution in [3.05, 3.63) is 21.6 Å². The Labute approximate surface area is 123 Å². The lowest BCUT2D eigenvalue weighted by Gasteiger charge is -2.13. The number of halogens is 1. The maximum Gasteiger partial charge on any atom is 0.287 e. The first-order chi connectivity index (χ1) is 9.32. The number of rotatable bonds is 6. The summed E-state index contributed by atoms with van der Waals surface area (Å²) in [4.78, 5) is 24.9. The third-order valence-electron chi connectivity index (χ3n) is 2.68. The number of nitrogens with zero attached hydrogens (tertiary/aromatic N) is 3. The minimum atomic E-state index is -0.315. The number of carbonyl (C=O) groups excluding carboxylic acids is 1. The Morgan fingerprint density at radius 1 is 1.50 bits per heavy atom. The van der Waals surface area contributed by atoms with Gasteiger partial charge in [0.15, 0.2) is 0 Å². The number of carbonyl (C=O) groups is 1. The summed E-state index contributed by atoms with van der Waals surface area (Å²) in [5.41, 5.74) is 0.146. The molecular formula is C13H21ClN4O2. The van der Waals surface area contributed by atoms with E-state index in [-0.39, 0.29) is 16.5 Å². The summed E-state index contributed by atoms with van der Waals surface area (Å²) in [7, 11) is 3.40. The largest absolute Gasteiger partial charge is 0.382 e. The van der Waals surface area contributed by atoms with Gasteiger partial charge in [-0.15, -0.1) is 0 Å². The molecule has 0 aromatic carbocycles. The average Bonchev–Trinajstić information content (AvgIpc) is 2.37. The Balaban J connectivity index is 2.71. The smallest absolute Gasteiger partial charge is 0.287 e. The number of amides is 1. The number of anilines is 1. The Morgan fingerprint density at radius 2 is 2.15 bits per heavy atom. The van der Waals surface area contributed by atoms with Gasteiger partial charge in [0.05, 0.1) is 11.9 Å². The molecule has 1 amide bonds. The monoisotopic (exact) mass is 300 g/mol. The fourth-order valence-electron chi connectivity index (χ4n) is 1.59. The molecule has 112 valence electrons. The molecule has 0 spiro atoms. The van der Waals surface area contributed by atoms with Gasteiger partial charge in [0, 0.05) is 33.6 Å². The highest BCUT2D eigenvalue weighted by atomic mass is 35.5. The molecule has 0 aliphatic heterocycles. The van der Waals surface area contributed by atoms with E-state index in [2.05, 4.69) is 10.4 Å². The number of hydrogen-bond acceptors (Lipinski definition) is 4. The summed E-state index contributed by atoms with van der Waals surface area (Å²) in [6.07, 6.45) is 1.85. The molecule has 0 aliphatic rings. The quantitative estimate of drug-likeness (QED) is 0.863. The molecule has 0 unspecified atom stereocenters. The molecule has 7 heteroatoms. The van der Waals surface area contributed by atoms with Crippen LogP contribution in [0.25, 0.3) is 0 Å². The Morgan fingerprint density at radius 3 is 2.70 bits per heavy atom. The van der Waals surface area contributed by atoms with Gasteiger partial charge in [-0.3, -0.25) is 9.59 Å². The summed E-state index contributed by atoms with van der Waals surface area (Å²) in [5.74, 6) is 0.322. The van der Waals surface area contributed by atoms with Crippen LogP contribution >= 0.6 is 11.6 Å². The number of aromatic nitrogens is 2. The van der Waals surface area contributed by atoms with Crippen molar-refractivity contribution in [1.82, 2.24) is 14.7 Å². The topological polar surface area (TPSA) is 67.2 Å². The van der Waals surface area contributed by atoms with Crippen LogP contribution in [0.15, 0.2) is 11.0 Å². The molecule has 1 N–H and O–H groups in total. The zero-order chi connectivity index (χ0) is 15.3. The molecule has 0 saturated carbocycles. The van der Waals surface area contributed by atoms with Gasteiger partial charge in [-0.05, 0) is 5.92 Å². The SMILES string of the molecule is CC(C)Cn1ncc(NCCC(=O)N(C)C)c(Cl)c1=O. The predicted molar refractivity (Wildman–Crippen MR) is 80.1 cm³/mol. The fraction of sp³-hybridized carbons (Fsp3) is 0.615. The van der Waals surface area contributed by atoms with Crippen molar-refractivity contribution in [2.45, 2.75) is 26.8 Å². The summed E-state index contributed by atoms with van der Waals surface area (Å²) in [5, 5.41) is 7.15. The number of hydrogen-bond donors (Lipinski definition) is 1. The summed E-state index contributed by atoms with van der Waals surface area (Å²) >= 11 is 6.03. The Hall–Kier alpha value is -1.56. The first-order valence-corrected chi connectivity index (χ1v) is 6.90. The van der Waals surface area contributed by atoms with E-state index in [1.54, 1.807) is 14.1 Å². The molecule has 0 aliphatic carbocycles. The first kappa shape index (κ1) is 16.5. The average molecular weight is 301 g/mol. The van der Waals surface area contributed by atoms with Gasteiger partial charge in [-0.2, -0.15) is 5.10 Å². The molecule has 1 aromatic heterocycles. The Kier molecular flexibility index (Phi) is 6.01. The van der Waals surface area contributed by atoms with Gasteiger partial charge in [0.1, 0.15) is 5.02 Å². The molecular weight excluding hydrogens is 280 g/mol. The van der Waals surface area contributed by atoms with Crippen LogP contribution in [0.2, 0.25) is 5.02 Å². The zero-order valence-corrected chi connectivity index (χ0v) is 13.1. The van der Waals surface area contributed by atoms with E-state index in [1.165, 1.54) is 15.8 Å². The molecule has 0 saturated heterocycles. The van der Waals surface area contributed by atoms with Crippen LogP contribution in [0.4, 0.5) is 5.69 Å². The van der Waals surface area contributed by atoms with Crippen molar-refractivity contribution < 1.29 is 4.79 Å². The van der Waals surface area contributed by atoms with Crippen molar-refractivity contribution in [2.24, 2.45) is 5.92 Å². The lowest BCUT2D eigenvalue weighted by molar-refractivity contribution is -0.128. The summed E-state index contributed by atoms with van der Waals surface area (Å²) in [6.45, 7) is 4.94. The van der Waals surface area contributed by atoms with Gasteiger partial charge < -0.3 is 10.2 Å². The van der Waals surface area contributed by atoms with Crippen molar-refractivity contribution in [3.63, 3.8) is 0 Å².